The summed E-state index contributed by atoms with van der Waals surface area (Å²) in [5, 5.41) is 9.06. The first-order chi connectivity index (χ1) is 11.7. The quantitative estimate of drug-likeness (QED) is 0.787. The van der Waals surface area contributed by atoms with Crippen LogP contribution in [0.25, 0.3) is 0 Å². The number of amides is 1. The van der Waals surface area contributed by atoms with Gasteiger partial charge in [-0.15, -0.1) is 0 Å². The molecule has 5 heteroatoms. The molecule has 0 aliphatic carbocycles. The van der Waals surface area contributed by atoms with Crippen LogP contribution in [0.1, 0.15) is 25.3 Å². The Morgan fingerprint density at radius 1 is 1.46 bits per heavy atom. The van der Waals surface area contributed by atoms with Crippen LogP contribution in [0.2, 0.25) is 0 Å². The number of hydrogen-bond donors (Lipinski definition) is 1. The summed E-state index contributed by atoms with van der Waals surface area (Å²) in [4.78, 5) is 16.0. The zero-order valence-electron chi connectivity index (χ0n) is 14.9. The fourth-order valence-electron chi connectivity index (χ4n) is 3.44. The molecule has 1 heterocycles. The van der Waals surface area contributed by atoms with Gasteiger partial charge in [0.05, 0.1) is 7.11 Å². The maximum atomic E-state index is 11.7. The highest BCUT2D eigenvalue weighted by Gasteiger charge is 2.23. The number of benzene rings is 1. The summed E-state index contributed by atoms with van der Waals surface area (Å²) in [5.74, 6) is 1.25. The number of likely N-dealkylation sites (N-methyl/N-ethyl adjacent to an activating group) is 1. The van der Waals surface area contributed by atoms with Gasteiger partial charge in [-0.1, -0.05) is 12.1 Å². The molecule has 1 aliphatic heterocycles. The van der Waals surface area contributed by atoms with E-state index in [1.165, 1.54) is 12.0 Å². The van der Waals surface area contributed by atoms with Crippen LogP contribution in [0.4, 0.5) is 0 Å². The van der Waals surface area contributed by atoms with Crippen molar-refractivity contribution in [1.82, 2.24) is 9.80 Å². The third-order valence-electron chi connectivity index (χ3n) is 4.80. The molecule has 0 bridgehead atoms. The summed E-state index contributed by atoms with van der Waals surface area (Å²) >= 11 is 0. The molecule has 1 N–H and O–H groups in total. The molecule has 2 rings (SSSR count). The summed E-state index contributed by atoms with van der Waals surface area (Å²) in [6.45, 7) is 6.19. The Balaban J connectivity index is 1.83. The van der Waals surface area contributed by atoms with Crippen molar-refractivity contribution in [1.29, 1.82) is 0 Å². The van der Waals surface area contributed by atoms with Crippen molar-refractivity contribution < 1.29 is 14.6 Å². The lowest BCUT2D eigenvalue weighted by Crippen LogP contribution is -2.44. The van der Waals surface area contributed by atoms with Crippen LogP contribution in [-0.2, 0) is 11.2 Å². The number of ether oxygens (including phenoxy) is 1. The van der Waals surface area contributed by atoms with E-state index in [1.807, 2.05) is 19.1 Å². The number of aliphatic hydroxyl groups excluding tert-OH is 1. The van der Waals surface area contributed by atoms with E-state index in [4.69, 9.17) is 9.84 Å². The van der Waals surface area contributed by atoms with Crippen LogP contribution in [0.5, 0.6) is 5.75 Å². The molecule has 1 aromatic carbocycles. The molecule has 0 radical (unpaired) electrons. The SMILES string of the molecule is CCN(C[C@@H]1CCCN(CCc2cccc(OC)c2)C1)C(=O)CO. The fourth-order valence-corrected chi connectivity index (χ4v) is 3.44. The molecule has 1 aromatic rings. The Morgan fingerprint density at radius 2 is 2.29 bits per heavy atom. The van der Waals surface area contributed by atoms with Crippen molar-refractivity contribution in [3.05, 3.63) is 29.8 Å². The first-order valence-corrected chi connectivity index (χ1v) is 8.90. The molecule has 0 aromatic heterocycles. The first kappa shape index (κ1) is 18.7. The molecule has 1 amide bonds. The van der Waals surface area contributed by atoms with Gasteiger partial charge >= 0.3 is 0 Å². The van der Waals surface area contributed by atoms with Crippen LogP contribution in [0, 0.1) is 5.92 Å². The zero-order chi connectivity index (χ0) is 17.4. The molecule has 1 saturated heterocycles. The predicted octanol–water partition coefficient (Wildman–Crippen LogP) is 1.79. The number of piperidine rings is 1. The molecule has 0 unspecified atom stereocenters. The maximum Gasteiger partial charge on any atom is 0.248 e. The van der Waals surface area contributed by atoms with E-state index < -0.39 is 0 Å². The number of likely N-dealkylation sites (tertiary alicyclic amines) is 1. The number of carbonyl (C=O) groups excluding carboxylic acids is 1. The Bertz CT molecular complexity index is 521. The van der Waals surface area contributed by atoms with Crippen LogP contribution in [-0.4, -0.2) is 67.3 Å². The number of aliphatic hydroxyl groups is 1. The summed E-state index contributed by atoms with van der Waals surface area (Å²) in [6, 6.07) is 8.24. The molecular formula is C19H30N2O3. The minimum atomic E-state index is -0.389. The third kappa shape index (κ3) is 5.49. The van der Waals surface area contributed by atoms with E-state index in [2.05, 4.69) is 17.0 Å². The lowest BCUT2D eigenvalue weighted by Gasteiger charge is -2.35. The monoisotopic (exact) mass is 334 g/mol. The molecule has 1 fully saturated rings. The molecule has 0 spiro atoms. The maximum absolute atomic E-state index is 11.7. The summed E-state index contributed by atoms with van der Waals surface area (Å²) < 4.78 is 5.28. The molecule has 134 valence electrons. The number of hydrogen-bond acceptors (Lipinski definition) is 4. The van der Waals surface area contributed by atoms with Gasteiger partial charge in [0, 0.05) is 26.2 Å². The smallest absolute Gasteiger partial charge is 0.248 e. The highest BCUT2D eigenvalue weighted by Crippen LogP contribution is 2.19. The Labute approximate surface area is 145 Å². The summed E-state index contributed by atoms with van der Waals surface area (Å²) in [7, 11) is 1.70. The number of carbonyl (C=O) groups is 1. The molecule has 24 heavy (non-hydrogen) atoms. The van der Waals surface area contributed by atoms with E-state index in [1.54, 1.807) is 12.0 Å². The molecular weight excluding hydrogens is 304 g/mol. The highest BCUT2D eigenvalue weighted by atomic mass is 16.5. The van der Waals surface area contributed by atoms with Crippen LogP contribution in [0.15, 0.2) is 24.3 Å². The molecule has 0 saturated carbocycles. The van der Waals surface area contributed by atoms with Crippen LogP contribution >= 0.6 is 0 Å². The normalized spacial score (nSPS) is 18.4. The number of rotatable bonds is 8. The van der Waals surface area contributed by atoms with Crippen molar-refractivity contribution in [2.45, 2.75) is 26.2 Å². The lowest BCUT2D eigenvalue weighted by molar-refractivity contribution is -0.134. The lowest BCUT2D eigenvalue weighted by atomic mass is 9.97. The Kier molecular flexibility index (Phi) is 7.53. The van der Waals surface area contributed by atoms with Crippen LogP contribution in [0.3, 0.4) is 0 Å². The van der Waals surface area contributed by atoms with Gasteiger partial charge in [-0.05, 0) is 56.3 Å². The van der Waals surface area contributed by atoms with Crippen molar-refractivity contribution >= 4 is 5.91 Å². The van der Waals surface area contributed by atoms with Gasteiger partial charge in [-0.3, -0.25) is 4.79 Å². The third-order valence-corrected chi connectivity index (χ3v) is 4.80. The van der Waals surface area contributed by atoms with Crippen molar-refractivity contribution in [3.8, 4) is 5.75 Å². The Morgan fingerprint density at radius 3 is 3.00 bits per heavy atom. The topological polar surface area (TPSA) is 53.0 Å². The van der Waals surface area contributed by atoms with Gasteiger partial charge in [0.1, 0.15) is 12.4 Å². The van der Waals surface area contributed by atoms with Gasteiger partial charge in [-0.2, -0.15) is 0 Å². The van der Waals surface area contributed by atoms with Gasteiger partial charge in [-0.25, -0.2) is 0 Å². The largest absolute Gasteiger partial charge is 0.497 e. The second kappa shape index (κ2) is 9.64. The second-order valence-electron chi connectivity index (χ2n) is 6.50. The summed E-state index contributed by atoms with van der Waals surface area (Å²) in [5.41, 5.74) is 1.29. The second-order valence-corrected chi connectivity index (χ2v) is 6.50. The average molecular weight is 334 g/mol. The zero-order valence-corrected chi connectivity index (χ0v) is 14.9. The minimum Gasteiger partial charge on any atom is -0.497 e. The van der Waals surface area contributed by atoms with E-state index in [0.717, 1.165) is 44.8 Å². The van der Waals surface area contributed by atoms with E-state index in [9.17, 15) is 4.79 Å². The number of nitrogens with zero attached hydrogens (tertiary/aromatic N) is 2. The van der Waals surface area contributed by atoms with Crippen molar-refractivity contribution in [3.63, 3.8) is 0 Å². The van der Waals surface area contributed by atoms with Gasteiger partial charge in [0.25, 0.3) is 0 Å². The minimum absolute atomic E-state index is 0.161. The van der Waals surface area contributed by atoms with Crippen molar-refractivity contribution in [2.24, 2.45) is 5.92 Å². The van der Waals surface area contributed by atoms with E-state index in [-0.39, 0.29) is 12.5 Å². The molecule has 1 atom stereocenters. The highest BCUT2D eigenvalue weighted by molar-refractivity contribution is 5.77. The predicted molar refractivity (Wildman–Crippen MR) is 95.2 cm³/mol. The fraction of sp³-hybridized carbons (Fsp3) is 0.632. The van der Waals surface area contributed by atoms with Crippen LogP contribution < -0.4 is 4.74 Å². The molecule has 5 nitrogen and oxygen atoms in total. The summed E-state index contributed by atoms with van der Waals surface area (Å²) in [6.07, 6.45) is 3.34. The average Bonchev–Trinajstić information content (AvgIpc) is 2.64. The standard InChI is InChI=1S/C19H30N2O3/c1-3-21(19(23)15-22)14-17-7-5-10-20(13-17)11-9-16-6-4-8-18(12-16)24-2/h4,6,8,12,17,22H,3,5,7,9-11,13-15H2,1-2H3/t17-/m1/s1. The first-order valence-electron chi connectivity index (χ1n) is 8.90. The van der Waals surface area contributed by atoms with E-state index >= 15 is 0 Å². The van der Waals surface area contributed by atoms with E-state index in [0.29, 0.717) is 12.5 Å². The van der Waals surface area contributed by atoms with Gasteiger partial charge in [0.2, 0.25) is 5.91 Å². The number of methoxy groups -OCH3 is 1. The van der Waals surface area contributed by atoms with Crippen molar-refractivity contribution in [2.75, 3.05) is 46.4 Å². The van der Waals surface area contributed by atoms with Gasteiger partial charge < -0.3 is 19.6 Å². The molecule has 1 aliphatic rings. The Hall–Kier alpha value is -1.59. The van der Waals surface area contributed by atoms with Gasteiger partial charge in [0.15, 0.2) is 0 Å².